The van der Waals surface area contributed by atoms with Crippen LogP contribution in [0.25, 0.3) is 0 Å². The monoisotopic (exact) mass is 408 g/mol. The first kappa shape index (κ1) is 14.5. The first-order chi connectivity index (χ1) is 6.21. The van der Waals surface area contributed by atoms with Crippen molar-refractivity contribution in [2.45, 2.75) is 12.4 Å². The average molecular weight is 408 g/mol. The predicted molar refractivity (Wildman–Crippen MR) is 35.3 cm³/mol. The molecule has 88 valence electrons. The molecule has 0 saturated carbocycles. The van der Waals surface area contributed by atoms with Crippen molar-refractivity contribution in [3.63, 3.8) is 0 Å². The zero-order valence-corrected chi connectivity index (χ0v) is 9.09. The van der Waals surface area contributed by atoms with Gasteiger partial charge in [0.25, 0.3) is 0 Å². The van der Waals surface area contributed by atoms with E-state index in [1.807, 2.05) is 0 Å². The molecule has 0 nitrogen and oxygen atoms in total. The molecule has 1 aromatic carbocycles. The molecule has 7 heteroatoms. The van der Waals surface area contributed by atoms with Crippen LogP contribution in [0, 0.1) is 6.07 Å². The van der Waals surface area contributed by atoms with Gasteiger partial charge in [-0.3, -0.25) is 0 Å². The van der Waals surface area contributed by atoms with Crippen LogP contribution < -0.4 is 0 Å². The van der Waals surface area contributed by atoms with Gasteiger partial charge in [0.1, 0.15) is 0 Å². The molecule has 0 heterocycles. The summed E-state index contributed by atoms with van der Waals surface area (Å²) in [5.41, 5.74) is -2.75. The van der Waals surface area contributed by atoms with Crippen LogP contribution in [0.1, 0.15) is 11.1 Å². The Bertz CT molecular complexity index is 297. The third-order valence-electron chi connectivity index (χ3n) is 1.43. The van der Waals surface area contributed by atoms with Crippen molar-refractivity contribution in [2.75, 3.05) is 0 Å². The summed E-state index contributed by atoms with van der Waals surface area (Å²) in [5, 5.41) is 0. The van der Waals surface area contributed by atoms with E-state index in [4.69, 9.17) is 0 Å². The van der Waals surface area contributed by atoms with Gasteiger partial charge in [0.15, 0.2) is 0 Å². The van der Waals surface area contributed by atoms with E-state index < -0.39 is 23.5 Å². The Labute approximate surface area is 95.5 Å². The third-order valence-corrected chi connectivity index (χ3v) is 1.43. The molecule has 0 radical (unpaired) electrons. The Kier molecular flexibility index (Phi) is 4.40. The number of benzene rings is 1. The van der Waals surface area contributed by atoms with Gasteiger partial charge in [0, 0.05) is 21.1 Å². The number of hydrogen-bond donors (Lipinski definition) is 0. The topological polar surface area (TPSA) is 0 Å². The summed E-state index contributed by atoms with van der Waals surface area (Å²) in [6.07, 6.45) is -9.57. The van der Waals surface area contributed by atoms with Crippen LogP contribution in [0.2, 0.25) is 0 Å². The molecule has 0 N–H and O–H groups in total. The van der Waals surface area contributed by atoms with Crippen molar-refractivity contribution in [3.8, 4) is 0 Å². The number of halogens is 6. The second kappa shape index (κ2) is 4.56. The van der Waals surface area contributed by atoms with E-state index in [-0.39, 0.29) is 27.1 Å². The quantitative estimate of drug-likeness (QED) is 0.456. The fraction of sp³-hybridized carbons (Fsp3) is 0.250. The molecule has 0 aliphatic carbocycles. The van der Waals surface area contributed by atoms with Gasteiger partial charge in [-0.05, 0) is 0 Å². The number of alkyl halides is 6. The predicted octanol–water partition coefficient (Wildman–Crippen LogP) is 3.52. The van der Waals surface area contributed by atoms with Crippen LogP contribution >= 0.6 is 0 Å². The molecular weight excluding hydrogens is 405 g/mol. The molecule has 0 atom stereocenters. The largest absolute Gasteiger partial charge is 0.394 e. The standard InChI is InChI=1S/C8H3F6.Pt/c9-7(10,11)5-2-1-3-6(4-5)8(12,13)14;/h1-2,4H;/q-1;. The Morgan fingerprint density at radius 3 is 1.87 bits per heavy atom. The van der Waals surface area contributed by atoms with Gasteiger partial charge in [-0.15, -0.1) is 6.07 Å². The zero-order chi connectivity index (χ0) is 11.0. The van der Waals surface area contributed by atoms with E-state index in [0.29, 0.717) is 12.1 Å². The van der Waals surface area contributed by atoms with Gasteiger partial charge in [-0.2, -0.15) is 44.5 Å². The van der Waals surface area contributed by atoms with Crippen molar-refractivity contribution in [2.24, 2.45) is 0 Å². The Morgan fingerprint density at radius 2 is 1.47 bits per heavy atom. The van der Waals surface area contributed by atoms with Crippen molar-refractivity contribution >= 4 is 0 Å². The maximum Gasteiger partial charge on any atom is 0.394 e. The van der Waals surface area contributed by atoms with Gasteiger partial charge < -0.3 is 0 Å². The number of hydrogen-bond acceptors (Lipinski definition) is 0. The molecule has 0 spiro atoms. The normalized spacial score (nSPS) is 12.1. The minimum atomic E-state index is -4.80. The summed E-state index contributed by atoms with van der Waals surface area (Å²) in [5.74, 6) is 0. The van der Waals surface area contributed by atoms with E-state index in [1.54, 1.807) is 6.07 Å². The average Bonchev–Trinajstić information content (AvgIpc) is 2.01. The molecule has 1 rings (SSSR count). The minimum absolute atomic E-state index is 0. The second-order valence-corrected chi connectivity index (χ2v) is 2.49. The van der Waals surface area contributed by atoms with E-state index in [1.165, 1.54) is 0 Å². The number of rotatable bonds is 0. The fourth-order valence-electron chi connectivity index (χ4n) is 0.806. The summed E-state index contributed by atoms with van der Waals surface area (Å²) in [6.45, 7) is 0. The van der Waals surface area contributed by atoms with Gasteiger partial charge in [0.2, 0.25) is 0 Å². The van der Waals surface area contributed by atoms with Crippen molar-refractivity contribution in [3.05, 3.63) is 35.4 Å². The SMILES string of the molecule is FC(F)(F)c1[c-]ccc(C(F)(F)F)c1.[Pt]. The molecule has 15 heavy (non-hydrogen) atoms. The van der Waals surface area contributed by atoms with Gasteiger partial charge in [-0.1, -0.05) is 11.1 Å². The smallest absolute Gasteiger partial charge is 0.176 e. The first-order valence-corrected chi connectivity index (χ1v) is 3.37. The van der Waals surface area contributed by atoms with Gasteiger partial charge in [-0.25, -0.2) is 0 Å². The Hall–Kier alpha value is -0.512. The van der Waals surface area contributed by atoms with Gasteiger partial charge >= 0.3 is 12.4 Å². The maximum absolute atomic E-state index is 12.0. The van der Waals surface area contributed by atoms with Crippen LogP contribution in [0.3, 0.4) is 0 Å². The fourth-order valence-corrected chi connectivity index (χ4v) is 0.806. The van der Waals surface area contributed by atoms with Crippen LogP contribution in [-0.4, -0.2) is 0 Å². The van der Waals surface area contributed by atoms with Crippen LogP contribution in [-0.2, 0) is 33.4 Å². The Morgan fingerprint density at radius 1 is 0.933 bits per heavy atom. The van der Waals surface area contributed by atoms with Gasteiger partial charge in [0.05, 0.1) is 0 Å². The summed E-state index contributed by atoms with van der Waals surface area (Å²) >= 11 is 0. The molecule has 0 unspecified atom stereocenters. The molecule has 0 saturated heterocycles. The molecule has 0 aromatic heterocycles. The van der Waals surface area contributed by atoms with Crippen molar-refractivity contribution in [1.29, 1.82) is 0 Å². The summed E-state index contributed by atoms with van der Waals surface area (Å²) in [7, 11) is 0. The molecule has 1 aromatic rings. The second-order valence-electron chi connectivity index (χ2n) is 2.49. The summed E-state index contributed by atoms with van der Waals surface area (Å²) in [4.78, 5) is 0. The summed E-state index contributed by atoms with van der Waals surface area (Å²) < 4.78 is 71.8. The molecule has 0 fully saturated rings. The first-order valence-electron chi connectivity index (χ1n) is 3.37. The van der Waals surface area contributed by atoms with Crippen molar-refractivity contribution < 1.29 is 47.4 Å². The van der Waals surface area contributed by atoms with Crippen molar-refractivity contribution in [1.82, 2.24) is 0 Å². The minimum Gasteiger partial charge on any atom is -0.176 e. The van der Waals surface area contributed by atoms with E-state index in [9.17, 15) is 26.3 Å². The molecule has 0 bridgehead atoms. The zero-order valence-electron chi connectivity index (χ0n) is 6.82. The van der Waals surface area contributed by atoms with Crippen LogP contribution in [0.4, 0.5) is 26.3 Å². The molecule has 0 amide bonds. The maximum atomic E-state index is 12.0. The Balaban J connectivity index is 0.00000196. The van der Waals surface area contributed by atoms with E-state index >= 15 is 0 Å². The van der Waals surface area contributed by atoms with E-state index in [2.05, 4.69) is 0 Å². The molecule has 0 aliphatic rings. The van der Waals surface area contributed by atoms with Crippen LogP contribution in [0.5, 0.6) is 0 Å². The third kappa shape index (κ3) is 3.86. The van der Waals surface area contributed by atoms with E-state index in [0.717, 1.165) is 0 Å². The van der Waals surface area contributed by atoms with Crippen LogP contribution in [0.15, 0.2) is 18.2 Å². The molecule has 0 aliphatic heterocycles. The summed E-state index contributed by atoms with van der Waals surface area (Å²) in [6, 6.07) is 2.86. The molecular formula is C8H3F6Pt-.